The summed E-state index contributed by atoms with van der Waals surface area (Å²) >= 11 is 1.64. The number of nitrogens with zero attached hydrogens (tertiary/aromatic N) is 2. The lowest BCUT2D eigenvalue weighted by Gasteiger charge is -2.02. The van der Waals surface area contributed by atoms with E-state index in [0.717, 1.165) is 22.4 Å². The molecule has 0 unspecified atom stereocenters. The molecule has 0 amide bonds. The summed E-state index contributed by atoms with van der Waals surface area (Å²) in [5.74, 6) is 1.72. The number of nitrogens with one attached hydrogen (secondary N) is 2. The zero-order valence-electron chi connectivity index (χ0n) is 8.40. The zero-order chi connectivity index (χ0) is 10.5. The zero-order valence-corrected chi connectivity index (χ0v) is 9.21. The molecule has 2 heterocycles. The number of hydrogen-bond donors (Lipinski definition) is 2. The fraction of sp³-hybridized carbons (Fsp3) is 0.200. The summed E-state index contributed by atoms with van der Waals surface area (Å²) in [4.78, 5) is 11.6. The Bertz CT molecular complexity index is 413. The summed E-state index contributed by atoms with van der Waals surface area (Å²) in [5.41, 5.74) is 1.04. The second kappa shape index (κ2) is 4.84. The standard InChI is InChI=1S/C10H12N4S/c1-11-9-4-2-3-8(14-9)7-15-10-12-5-6-13-10/h2-6H,7H2,1H3,(H,11,14)(H,12,13). The van der Waals surface area contributed by atoms with Crippen LogP contribution in [0.25, 0.3) is 0 Å². The first-order chi connectivity index (χ1) is 7.38. The van der Waals surface area contributed by atoms with Crippen LogP contribution in [0, 0.1) is 0 Å². The van der Waals surface area contributed by atoms with Gasteiger partial charge in [0, 0.05) is 25.2 Å². The molecule has 0 bridgehead atoms. The number of H-pyrrole nitrogens is 1. The van der Waals surface area contributed by atoms with Gasteiger partial charge in [-0.2, -0.15) is 0 Å². The third-order valence-corrected chi connectivity index (χ3v) is 2.83. The molecular formula is C10H12N4S. The Kier molecular flexibility index (Phi) is 3.24. The number of pyridine rings is 1. The Morgan fingerprint density at radius 3 is 3.13 bits per heavy atom. The van der Waals surface area contributed by atoms with Crippen molar-refractivity contribution < 1.29 is 0 Å². The van der Waals surface area contributed by atoms with E-state index in [4.69, 9.17) is 0 Å². The van der Waals surface area contributed by atoms with Gasteiger partial charge in [-0.05, 0) is 12.1 Å². The van der Waals surface area contributed by atoms with Gasteiger partial charge in [0.1, 0.15) is 5.82 Å². The maximum absolute atomic E-state index is 4.42. The van der Waals surface area contributed by atoms with E-state index in [1.54, 1.807) is 18.0 Å². The SMILES string of the molecule is CNc1cccc(CSc2ncc[nH]2)n1. The van der Waals surface area contributed by atoms with Gasteiger partial charge in [-0.1, -0.05) is 17.8 Å². The van der Waals surface area contributed by atoms with Crippen LogP contribution in [-0.2, 0) is 5.75 Å². The van der Waals surface area contributed by atoms with Gasteiger partial charge in [0.15, 0.2) is 5.16 Å². The lowest BCUT2D eigenvalue weighted by atomic mass is 10.4. The average Bonchev–Trinajstić information content (AvgIpc) is 2.79. The van der Waals surface area contributed by atoms with Gasteiger partial charge in [-0.15, -0.1) is 0 Å². The van der Waals surface area contributed by atoms with Crippen LogP contribution >= 0.6 is 11.8 Å². The van der Waals surface area contributed by atoms with Crippen LogP contribution in [0.2, 0.25) is 0 Å². The first kappa shape index (κ1) is 10.0. The van der Waals surface area contributed by atoms with E-state index in [-0.39, 0.29) is 0 Å². The Morgan fingerprint density at radius 1 is 1.47 bits per heavy atom. The normalized spacial score (nSPS) is 10.2. The minimum Gasteiger partial charge on any atom is -0.373 e. The molecule has 2 aromatic rings. The van der Waals surface area contributed by atoms with Gasteiger partial charge < -0.3 is 10.3 Å². The van der Waals surface area contributed by atoms with Crippen molar-refractivity contribution in [2.24, 2.45) is 0 Å². The van der Waals surface area contributed by atoms with Gasteiger partial charge >= 0.3 is 0 Å². The summed E-state index contributed by atoms with van der Waals surface area (Å²) in [7, 11) is 1.87. The number of hydrogen-bond acceptors (Lipinski definition) is 4. The fourth-order valence-corrected chi connectivity index (χ4v) is 1.90. The number of anilines is 1. The summed E-state index contributed by atoms with van der Waals surface area (Å²) < 4.78 is 0. The van der Waals surface area contributed by atoms with Crippen molar-refractivity contribution in [2.75, 3.05) is 12.4 Å². The average molecular weight is 220 g/mol. The smallest absolute Gasteiger partial charge is 0.165 e. The minimum atomic E-state index is 0.822. The van der Waals surface area contributed by atoms with Gasteiger partial charge in [-0.25, -0.2) is 9.97 Å². The second-order valence-corrected chi connectivity index (χ2v) is 3.91. The maximum atomic E-state index is 4.42. The van der Waals surface area contributed by atoms with Crippen LogP contribution in [-0.4, -0.2) is 22.0 Å². The molecule has 5 heteroatoms. The number of thioether (sulfide) groups is 1. The van der Waals surface area contributed by atoms with Crippen LogP contribution in [0.15, 0.2) is 35.7 Å². The molecule has 0 saturated heterocycles. The van der Waals surface area contributed by atoms with Crippen molar-refractivity contribution in [1.29, 1.82) is 0 Å². The molecule has 0 aliphatic heterocycles. The quantitative estimate of drug-likeness (QED) is 0.775. The monoisotopic (exact) mass is 220 g/mol. The third-order valence-electron chi connectivity index (χ3n) is 1.89. The summed E-state index contributed by atoms with van der Waals surface area (Å²) in [6, 6.07) is 5.95. The minimum absolute atomic E-state index is 0.822. The highest BCUT2D eigenvalue weighted by Crippen LogP contribution is 2.18. The molecule has 2 rings (SSSR count). The molecule has 2 N–H and O–H groups in total. The lowest BCUT2D eigenvalue weighted by molar-refractivity contribution is 1.05. The van der Waals surface area contributed by atoms with Gasteiger partial charge in [0.05, 0.1) is 5.69 Å². The van der Waals surface area contributed by atoms with Gasteiger partial charge in [0.25, 0.3) is 0 Å². The largest absolute Gasteiger partial charge is 0.373 e. The molecule has 0 radical (unpaired) electrons. The summed E-state index contributed by atoms with van der Waals surface area (Å²) in [6.45, 7) is 0. The summed E-state index contributed by atoms with van der Waals surface area (Å²) in [6.07, 6.45) is 3.57. The van der Waals surface area contributed by atoms with Gasteiger partial charge in [0.2, 0.25) is 0 Å². The first-order valence-electron chi connectivity index (χ1n) is 4.64. The molecule has 0 spiro atoms. The highest BCUT2D eigenvalue weighted by atomic mass is 32.2. The molecule has 15 heavy (non-hydrogen) atoms. The van der Waals surface area contributed by atoms with Crippen molar-refractivity contribution in [3.05, 3.63) is 36.3 Å². The Morgan fingerprint density at radius 2 is 2.40 bits per heavy atom. The maximum Gasteiger partial charge on any atom is 0.165 e. The van der Waals surface area contributed by atoms with E-state index in [2.05, 4.69) is 20.3 Å². The van der Waals surface area contributed by atoms with Crippen molar-refractivity contribution in [2.45, 2.75) is 10.9 Å². The van der Waals surface area contributed by atoms with E-state index in [9.17, 15) is 0 Å². The lowest BCUT2D eigenvalue weighted by Crippen LogP contribution is -1.94. The molecule has 0 aliphatic rings. The third kappa shape index (κ3) is 2.73. The Balaban J connectivity index is 1.98. The van der Waals surface area contributed by atoms with Crippen molar-refractivity contribution in [3.63, 3.8) is 0 Å². The fourth-order valence-electron chi connectivity index (χ4n) is 1.17. The Hall–Kier alpha value is -1.49. The predicted molar refractivity (Wildman–Crippen MR) is 61.9 cm³/mol. The Labute approximate surface area is 92.5 Å². The molecule has 0 fully saturated rings. The number of aromatic amines is 1. The van der Waals surface area contributed by atoms with Gasteiger partial charge in [-0.3, -0.25) is 0 Å². The van der Waals surface area contributed by atoms with Crippen molar-refractivity contribution >= 4 is 17.6 Å². The molecule has 2 aromatic heterocycles. The highest BCUT2D eigenvalue weighted by Gasteiger charge is 1.99. The van der Waals surface area contributed by atoms with Crippen LogP contribution in [0.1, 0.15) is 5.69 Å². The molecule has 78 valence electrons. The second-order valence-electron chi connectivity index (χ2n) is 2.95. The summed E-state index contributed by atoms with van der Waals surface area (Å²) in [5, 5.41) is 3.94. The number of imidazole rings is 1. The molecule has 0 atom stereocenters. The molecular weight excluding hydrogens is 208 g/mol. The van der Waals surface area contributed by atoms with Crippen molar-refractivity contribution in [1.82, 2.24) is 15.0 Å². The van der Waals surface area contributed by atoms with Crippen molar-refractivity contribution in [3.8, 4) is 0 Å². The number of rotatable bonds is 4. The van der Waals surface area contributed by atoms with Crippen LogP contribution in [0.5, 0.6) is 0 Å². The van der Waals surface area contributed by atoms with Crippen LogP contribution in [0.4, 0.5) is 5.82 Å². The van der Waals surface area contributed by atoms with E-state index in [1.807, 2.05) is 31.4 Å². The predicted octanol–water partition coefficient (Wildman–Crippen LogP) is 2.14. The van der Waals surface area contributed by atoms with E-state index in [0.29, 0.717) is 0 Å². The molecule has 0 aromatic carbocycles. The van der Waals surface area contributed by atoms with Crippen LogP contribution < -0.4 is 5.32 Å². The van der Waals surface area contributed by atoms with E-state index < -0.39 is 0 Å². The molecule has 0 aliphatic carbocycles. The van der Waals surface area contributed by atoms with E-state index in [1.165, 1.54) is 0 Å². The topological polar surface area (TPSA) is 53.6 Å². The number of aromatic nitrogens is 3. The molecule has 0 saturated carbocycles. The van der Waals surface area contributed by atoms with E-state index >= 15 is 0 Å². The first-order valence-corrected chi connectivity index (χ1v) is 5.63. The van der Waals surface area contributed by atoms with Crippen LogP contribution in [0.3, 0.4) is 0 Å². The highest BCUT2D eigenvalue weighted by molar-refractivity contribution is 7.98. The molecule has 4 nitrogen and oxygen atoms in total.